The molecule has 1 aliphatic heterocycles. The summed E-state index contributed by atoms with van der Waals surface area (Å²) in [5.74, 6) is 0. The van der Waals surface area contributed by atoms with E-state index in [0.717, 1.165) is 17.9 Å². The Morgan fingerprint density at radius 1 is 1.54 bits per heavy atom. The summed E-state index contributed by atoms with van der Waals surface area (Å²) in [6.07, 6.45) is 7.26. The zero-order chi connectivity index (χ0) is 8.89. The van der Waals surface area contributed by atoms with Crippen molar-refractivity contribution in [3.63, 3.8) is 0 Å². The highest BCUT2D eigenvalue weighted by Crippen LogP contribution is 2.37. The molecule has 0 aromatic carbocycles. The largest absolute Gasteiger partial charge is 0.363 e. The van der Waals surface area contributed by atoms with E-state index in [0.29, 0.717) is 0 Å². The summed E-state index contributed by atoms with van der Waals surface area (Å²) in [5, 5.41) is 0. The van der Waals surface area contributed by atoms with Crippen LogP contribution in [0.2, 0.25) is 0 Å². The molecule has 0 radical (unpaired) electrons. The molecule has 66 valence electrons. The molecule has 1 atom stereocenters. The van der Waals surface area contributed by atoms with Gasteiger partial charge in [-0.2, -0.15) is 0 Å². The molecular formula is C9H9N3O. The first-order chi connectivity index (χ1) is 6.30. The van der Waals surface area contributed by atoms with E-state index in [2.05, 4.69) is 16.9 Å². The summed E-state index contributed by atoms with van der Waals surface area (Å²) >= 11 is 0. The van der Waals surface area contributed by atoms with E-state index in [4.69, 9.17) is 4.74 Å². The Labute approximate surface area is 75.2 Å². The van der Waals surface area contributed by atoms with E-state index in [9.17, 15) is 0 Å². The number of imidazole rings is 1. The van der Waals surface area contributed by atoms with Crippen molar-refractivity contribution >= 4 is 5.65 Å². The fourth-order valence-corrected chi connectivity index (χ4v) is 1.49. The second-order valence-electron chi connectivity index (χ2n) is 3.47. The highest BCUT2D eigenvalue weighted by atomic mass is 16.6. The molecule has 0 bridgehead atoms. The average Bonchev–Trinajstić information content (AvgIpc) is 2.76. The lowest BCUT2D eigenvalue weighted by Crippen LogP contribution is -2.05. The van der Waals surface area contributed by atoms with Gasteiger partial charge in [-0.25, -0.2) is 4.98 Å². The molecule has 4 heteroatoms. The van der Waals surface area contributed by atoms with E-state index in [1.165, 1.54) is 0 Å². The quantitative estimate of drug-likeness (QED) is 0.606. The van der Waals surface area contributed by atoms with Crippen LogP contribution in [0.4, 0.5) is 0 Å². The monoisotopic (exact) mass is 175 g/mol. The number of epoxide rings is 1. The van der Waals surface area contributed by atoms with Gasteiger partial charge in [0.15, 0.2) is 5.65 Å². The van der Waals surface area contributed by atoms with Crippen LogP contribution in [-0.2, 0) is 10.3 Å². The lowest BCUT2D eigenvalue weighted by atomic mass is 10.1. The van der Waals surface area contributed by atoms with Gasteiger partial charge in [0, 0.05) is 12.4 Å². The SMILES string of the molecule is CC1(c2cnc3cnccn23)CO1. The lowest BCUT2D eigenvalue weighted by Gasteiger charge is -2.03. The standard InChI is InChI=1S/C9H9N3O/c1-9(6-13-9)7-4-11-8-5-10-2-3-12(7)8/h2-5H,6H2,1H3. The average molecular weight is 175 g/mol. The first-order valence-electron chi connectivity index (χ1n) is 4.21. The summed E-state index contributed by atoms with van der Waals surface area (Å²) in [5.41, 5.74) is 1.85. The van der Waals surface area contributed by atoms with Crippen LogP contribution in [0.5, 0.6) is 0 Å². The molecule has 1 aliphatic rings. The Kier molecular flexibility index (Phi) is 1.13. The van der Waals surface area contributed by atoms with Crippen LogP contribution in [-0.4, -0.2) is 21.0 Å². The van der Waals surface area contributed by atoms with Crippen molar-refractivity contribution in [1.82, 2.24) is 14.4 Å². The van der Waals surface area contributed by atoms with Crippen molar-refractivity contribution in [3.05, 3.63) is 30.5 Å². The fraction of sp³-hybridized carbons (Fsp3) is 0.333. The Balaban J connectivity index is 2.30. The summed E-state index contributed by atoms with van der Waals surface area (Å²) < 4.78 is 7.38. The molecule has 0 N–H and O–H groups in total. The molecule has 1 unspecified atom stereocenters. The molecule has 2 aromatic rings. The molecule has 0 spiro atoms. The van der Waals surface area contributed by atoms with E-state index < -0.39 is 0 Å². The molecule has 4 nitrogen and oxygen atoms in total. The van der Waals surface area contributed by atoms with Crippen molar-refractivity contribution in [2.45, 2.75) is 12.5 Å². The van der Waals surface area contributed by atoms with Gasteiger partial charge < -0.3 is 4.74 Å². The van der Waals surface area contributed by atoms with Crippen LogP contribution in [0.15, 0.2) is 24.8 Å². The summed E-state index contributed by atoms with van der Waals surface area (Å²) in [7, 11) is 0. The minimum atomic E-state index is -0.124. The van der Waals surface area contributed by atoms with Crippen molar-refractivity contribution < 1.29 is 4.74 Å². The summed E-state index contributed by atoms with van der Waals surface area (Å²) in [6, 6.07) is 0. The maximum atomic E-state index is 5.37. The van der Waals surface area contributed by atoms with Gasteiger partial charge in [-0.3, -0.25) is 9.38 Å². The first kappa shape index (κ1) is 7.03. The molecule has 0 aliphatic carbocycles. The number of rotatable bonds is 1. The van der Waals surface area contributed by atoms with Crippen LogP contribution >= 0.6 is 0 Å². The highest BCUT2D eigenvalue weighted by Gasteiger charge is 2.43. The number of fused-ring (bicyclic) bond motifs is 1. The summed E-state index contributed by atoms with van der Waals surface area (Å²) in [4.78, 5) is 8.25. The van der Waals surface area contributed by atoms with Gasteiger partial charge in [-0.05, 0) is 6.92 Å². The van der Waals surface area contributed by atoms with Crippen molar-refractivity contribution in [1.29, 1.82) is 0 Å². The van der Waals surface area contributed by atoms with Gasteiger partial charge in [0.2, 0.25) is 0 Å². The molecule has 3 rings (SSSR count). The number of hydrogen-bond donors (Lipinski definition) is 0. The minimum Gasteiger partial charge on any atom is -0.363 e. The predicted octanol–water partition coefficient (Wildman–Crippen LogP) is 0.975. The van der Waals surface area contributed by atoms with Crippen LogP contribution in [0.3, 0.4) is 0 Å². The molecule has 13 heavy (non-hydrogen) atoms. The molecular weight excluding hydrogens is 166 g/mol. The normalized spacial score (nSPS) is 26.5. The van der Waals surface area contributed by atoms with E-state index >= 15 is 0 Å². The molecule has 3 heterocycles. The summed E-state index contributed by atoms with van der Waals surface area (Å²) in [6.45, 7) is 2.85. The second kappa shape index (κ2) is 2.09. The molecule has 2 aromatic heterocycles. The third-order valence-corrected chi connectivity index (χ3v) is 2.44. The topological polar surface area (TPSA) is 42.7 Å². The van der Waals surface area contributed by atoms with Gasteiger partial charge in [-0.1, -0.05) is 0 Å². The zero-order valence-electron chi connectivity index (χ0n) is 7.27. The van der Waals surface area contributed by atoms with Crippen molar-refractivity contribution in [2.24, 2.45) is 0 Å². The van der Waals surface area contributed by atoms with Gasteiger partial charge in [0.25, 0.3) is 0 Å². The van der Waals surface area contributed by atoms with Gasteiger partial charge in [0.1, 0.15) is 5.60 Å². The Morgan fingerprint density at radius 3 is 3.15 bits per heavy atom. The smallest absolute Gasteiger partial charge is 0.155 e. The van der Waals surface area contributed by atoms with Gasteiger partial charge in [0.05, 0.1) is 24.7 Å². The molecule has 1 fully saturated rings. The molecule has 1 saturated heterocycles. The third-order valence-electron chi connectivity index (χ3n) is 2.44. The van der Waals surface area contributed by atoms with Crippen molar-refractivity contribution in [2.75, 3.05) is 6.61 Å². The number of hydrogen-bond acceptors (Lipinski definition) is 3. The fourth-order valence-electron chi connectivity index (χ4n) is 1.49. The molecule has 0 amide bonds. The Morgan fingerprint density at radius 2 is 2.38 bits per heavy atom. The van der Waals surface area contributed by atoms with E-state index in [1.807, 2.05) is 16.8 Å². The maximum absolute atomic E-state index is 5.37. The Bertz CT molecular complexity index is 459. The molecule has 0 saturated carbocycles. The number of ether oxygens (including phenoxy) is 1. The number of nitrogens with zero attached hydrogens (tertiary/aromatic N) is 3. The van der Waals surface area contributed by atoms with Gasteiger partial charge in [-0.15, -0.1) is 0 Å². The zero-order valence-corrected chi connectivity index (χ0v) is 7.27. The van der Waals surface area contributed by atoms with E-state index in [-0.39, 0.29) is 5.60 Å². The Hall–Kier alpha value is -1.42. The lowest BCUT2D eigenvalue weighted by molar-refractivity contribution is 0.322. The van der Waals surface area contributed by atoms with Crippen LogP contribution < -0.4 is 0 Å². The van der Waals surface area contributed by atoms with Crippen LogP contribution in [0, 0.1) is 0 Å². The minimum absolute atomic E-state index is 0.124. The van der Waals surface area contributed by atoms with Crippen molar-refractivity contribution in [3.8, 4) is 0 Å². The van der Waals surface area contributed by atoms with E-state index in [1.54, 1.807) is 12.4 Å². The highest BCUT2D eigenvalue weighted by molar-refractivity contribution is 5.39. The van der Waals surface area contributed by atoms with Gasteiger partial charge >= 0.3 is 0 Å². The third kappa shape index (κ3) is 0.890. The predicted molar refractivity (Wildman–Crippen MR) is 46.3 cm³/mol. The number of aromatic nitrogens is 3. The maximum Gasteiger partial charge on any atom is 0.155 e. The van der Waals surface area contributed by atoms with Crippen LogP contribution in [0.25, 0.3) is 5.65 Å². The second-order valence-corrected chi connectivity index (χ2v) is 3.47. The first-order valence-corrected chi connectivity index (χ1v) is 4.21. The van der Waals surface area contributed by atoms with Crippen LogP contribution in [0.1, 0.15) is 12.6 Å².